The van der Waals surface area contributed by atoms with Gasteiger partial charge in [-0.2, -0.15) is 0 Å². The van der Waals surface area contributed by atoms with Crippen LogP contribution >= 0.6 is 0 Å². The molecular weight excluding hydrogens is 432 g/mol. The summed E-state index contributed by atoms with van der Waals surface area (Å²) in [5, 5.41) is 16.3. The molecule has 1 fully saturated rings. The van der Waals surface area contributed by atoms with Gasteiger partial charge in [-0.1, -0.05) is 0 Å². The van der Waals surface area contributed by atoms with Gasteiger partial charge in [0.1, 0.15) is 5.75 Å². The molecule has 2 aromatic carbocycles. The molecule has 1 heterocycles. The molecule has 2 aromatic rings. The van der Waals surface area contributed by atoms with Gasteiger partial charge in [-0.15, -0.1) is 0 Å². The maximum Gasteiger partial charge on any atom is 0.341 e. The van der Waals surface area contributed by atoms with Gasteiger partial charge in [0.25, 0.3) is 11.6 Å². The second kappa shape index (κ2) is 10.4. The van der Waals surface area contributed by atoms with E-state index in [1.165, 1.54) is 32.2 Å². The van der Waals surface area contributed by atoms with E-state index < -0.39 is 23.4 Å². The zero-order valence-corrected chi connectivity index (χ0v) is 18.3. The number of anilines is 3. The number of hydrogen-bond acceptors (Lipinski definition) is 8. The number of methoxy groups -OCH3 is 1. The van der Waals surface area contributed by atoms with Crippen LogP contribution in [0.25, 0.3) is 0 Å². The molecule has 0 aliphatic carbocycles. The summed E-state index contributed by atoms with van der Waals surface area (Å²) in [5.74, 6) is -1.42. The average molecular weight is 456 g/mol. The minimum Gasteiger partial charge on any atom is -0.495 e. The number of nitro groups is 1. The van der Waals surface area contributed by atoms with E-state index in [2.05, 4.69) is 10.6 Å². The van der Waals surface area contributed by atoms with Crippen LogP contribution in [-0.4, -0.2) is 49.5 Å². The second-order valence-corrected chi connectivity index (χ2v) is 7.37. The third-order valence-corrected chi connectivity index (χ3v) is 4.99. The van der Waals surface area contributed by atoms with Crippen LogP contribution in [-0.2, 0) is 14.3 Å². The summed E-state index contributed by atoms with van der Waals surface area (Å²) in [7, 11) is 1.42. The summed E-state index contributed by atoms with van der Waals surface area (Å²) in [6.45, 7) is 2.19. The summed E-state index contributed by atoms with van der Waals surface area (Å²) in [5.41, 5.74) is 1.05. The molecule has 11 heteroatoms. The van der Waals surface area contributed by atoms with Crippen LogP contribution < -0.4 is 20.3 Å². The Labute approximate surface area is 189 Å². The van der Waals surface area contributed by atoms with Crippen LogP contribution in [0.2, 0.25) is 0 Å². The Balaban J connectivity index is 1.72. The number of nitrogens with zero attached hydrogens (tertiary/aromatic N) is 2. The molecular formula is C22H24N4O7. The largest absolute Gasteiger partial charge is 0.495 e. The van der Waals surface area contributed by atoms with Crippen LogP contribution in [0.1, 0.15) is 30.1 Å². The molecule has 0 atom stereocenters. The lowest BCUT2D eigenvalue weighted by molar-refractivity contribution is -0.384. The zero-order valence-electron chi connectivity index (χ0n) is 18.3. The van der Waals surface area contributed by atoms with Crippen molar-refractivity contribution in [2.75, 3.05) is 42.3 Å². The first kappa shape index (κ1) is 23.5. The van der Waals surface area contributed by atoms with Gasteiger partial charge in [-0.05, 0) is 37.1 Å². The summed E-state index contributed by atoms with van der Waals surface area (Å²) in [4.78, 5) is 48.9. The molecule has 3 rings (SSSR count). The van der Waals surface area contributed by atoms with Gasteiger partial charge in [0.05, 0.1) is 29.0 Å². The van der Waals surface area contributed by atoms with E-state index in [1.807, 2.05) is 4.90 Å². The Hall–Kier alpha value is -4.15. The lowest BCUT2D eigenvalue weighted by Gasteiger charge is -2.20. The molecule has 1 saturated heterocycles. The van der Waals surface area contributed by atoms with Crippen molar-refractivity contribution >= 4 is 40.5 Å². The number of non-ortho nitro benzene ring substituents is 1. The number of hydrogen-bond donors (Lipinski definition) is 2. The summed E-state index contributed by atoms with van der Waals surface area (Å²) >= 11 is 0. The molecule has 174 valence electrons. The van der Waals surface area contributed by atoms with Gasteiger partial charge < -0.3 is 25.0 Å². The molecule has 33 heavy (non-hydrogen) atoms. The number of nitrogens with one attached hydrogen (secondary N) is 2. The smallest absolute Gasteiger partial charge is 0.341 e. The number of esters is 1. The monoisotopic (exact) mass is 456 g/mol. The quantitative estimate of drug-likeness (QED) is 0.351. The SMILES string of the molecule is COc1ccc(NC(C)=O)cc1NC(=O)COC(=O)c1cc([N+](=O)[O-])ccc1N1CCCC1. The summed E-state index contributed by atoms with van der Waals surface area (Å²) in [6, 6.07) is 8.71. The first-order valence-corrected chi connectivity index (χ1v) is 10.2. The minimum absolute atomic E-state index is 0.0316. The van der Waals surface area contributed by atoms with E-state index in [0.29, 0.717) is 17.1 Å². The molecule has 0 saturated carbocycles. The van der Waals surface area contributed by atoms with E-state index in [-0.39, 0.29) is 22.8 Å². The van der Waals surface area contributed by atoms with E-state index in [9.17, 15) is 24.5 Å². The highest BCUT2D eigenvalue weighted by Gasteiger charge is 2.24. The third kappa shape index (κ3) is 5.97. The molecule has 2 N–H and O–H groups in total. The topological polar surface area (TPSA) is 140 Å². The molecule has 0 spiro atoms. The van der Waals surface area contributed by atoms with E-state index in [0.717, 1.165) is 32.0 Å². The fourth-order valence-electron chi connectivity index (χ4n) is 3.52. The zero-order chi connectivity index (χ0) is 24.0. The van der Waals surface area contributed by atoms with E-state index >= 15 is 0 Å². The first-order valence-electron chi connectivity index (χ1n) is 10.2. The van der Waals surface area contributed by atoms with Crippen molar-refractivity contribution in [3.8, 4) is 5.75 Å². The Morgan fingerprint density at radius 1 is 1.09 bits per heavy atom. The molecule has 0 unspecified atom stereocenters. The summed E-state index contributed by atoms with van der Waals surface area (Å²) in [6.07, 6.45) is 1.90. The molecule has 0 aromatic heterocycles. The molecule has 11 nitrogen and oxygen atoms in total. The van der Waals surface area contributed by atoms with Gasteiger partial charge in [0.2, 0.25) is 5.91 Å². The van der Waals surface area contributed by atoms with Gasteiger partial charge in [-0.25, -0.2) is 4.79 Å². The number of benzene rings is 2. The van der Waals surface area contributed by atoms with Crippen molar-refractivity contribution < 1.29 is 28.8 Å². The molecule has 1 aliphatic rings. The number of carbonyl (C=O) groups excluding carboxylic acids is 3. The van der Waals surface area contributed by atoms with Crippen molar-refractivity contribution in [1.29, 1.82) is 0 Å². The maximum absolute atomic E-state index is 12.7. The Kier molecular flexibility index (Phi) is 7.44. The number of ether oxygens (including phenoxy) is 2. The fourth-order valence-corrected chi connectivity index (χ4v) is 3.52. The highest BCUT2D eigenvalue weighted by molar-refractivity contribution is 6.00. The second-order valence-electron chi connectivity index (χ2n) is 7.37. The van der Waals surface area contributed by atoms with Crippen molar-refractivity contribution in [3.05, 3.63) is 52.1 Å². The number of nitro benzene ring substituents is 1. The predicted molar refractivity (Wildman–Crippen MR) is 121 cm³/mol. The lowest BCUT2D eigenvalue weighted by Crippen LogP contribution is -2.24. The molecule has 0 radical (unpaired) electrons. The van der Waals surface area contributed by atoms with Gasteiger partial charge in [0, 0.05) is 37.8 Å². The lowest BCUT2D eigenvalue weighted by atomic mass is 10.1. The van der Waals surface area contributed by atoms with Crippen LogP contribution in [0.15, 0.2) is 36.4 Å². The Bertz CT molecular complexity index is 1080. The highest BCUT2D eigenvalue weighted by Crippen LogP contribution is 2.30. The van der Waals surface area contributed by atoms with E-state index in [4.69, 9.17) is 9.47 Å². The minimum atomic E-state index is -0.838. The van der Waals surface area contributed by atoms with Gasteiger partial charge >= 0.3 is 5.97 Å². The third-order valence-electron chi connectivity index (χ3n) is 4.99. The van der Waals surface area contributed by atoms with Crippen molar-refractivity contribution in [1.82, 2.24) is 0 Å². The Morgan fingerprint density at radius 2 is 1.82 bits per heavy atom. The standard InChI is InChI=1S/C22H24N4O7/c1-14(27)23-15-5-8-20(32-2)18(11-15)24-21(28)13-33-22(29)17-12-16(26(30)31)6-7-19(17)25-9-3-4-10-25/h5-8,11-12H,3-4,9-10,13H2,1-2H3,(H,23,27)(H,24,28). The fraction of sp³-hybridized carbons (Fsp3) is 0.318. The van der Waals surface area contributed by atoms with E-state index in [1.54, 1.807) is 12.1 Å². The van der Waals surface area contributed by atoms with Crippen LogP contribution in [0.5, 0.6) is 5.75 Å². The van der Waals surface area contributed by atoms with Crippen molar-refractivity contribution in [3.63, 3.8) is 0 Å². The van der Waals surface area contributed by atoms with Crippen molar-refractivity contribution in [2.24, 2.45) is 0 Å². The summed E-state index contributed by atoms with van der Waals surface area (Å²) < 4.78 is 10.4. The van der Waals surface area contributed by atoms with Gasteiger partial charge in [0.15, 0.2) is 6.61 Å². The van der Waals surface area contributed by atoms with Crippen molar-refractivity contribution in [2.45, 2.75) is 19.8 Å². The number of rotatable bonds is 8. The number of amides is 2. The number of carbonyl (C=O) groups is 3. The van der Waals surface area contributed by atoms with Crippen LogP contribution in [0.4, 0.5) is 22.7 Å². The highest BCUT2D eigenvalue weighted by atomic mass is 16.6. The average Bonchev–Trinajstić information content (AvgIpc) is 3.31. The Morgan fingerprint density at radius 3 is 2.45 bits per heavy atom. The van der Waals surface area contributed by atoms with Crippen LogP contribution in [0, 0.1) is 10.1 Å². The first-order chi connectivity index (χ1) is 15.8. The normalized spacial score (nSPS) is 12.7. The molecule has 0 bridgehead atoms. The van der Waals surface area contributed by atoms with Gasteiger partial charge in [-0.3, -0.25) is 19.7 Å². The molecule has 2 amide bonds. The van der Waals surface area contributed by atoms with Crippen LogP contribution in [0.3, 0.4) is 0 Å². The maximum atomic E-state index is 12.7. The molecule has 1 aliphatic heterocycles. The predicted octanol–water partition coefficient (Wildman–Crippen LogP) is 2.96.